The summed E-state index contributed by atoms with van der Waals surface area (Å²) >= 11 is 11.8. The number of carbonyl (C=O) groups excluding carboxylic acids is 3. The summed E-state index contributed by atoms with van der Waals surface area (Å²) in [5, 5.41) is 15.6. The molecule has 3 aromatic rings. The summed E-state index contributed by atoms with van der Waals surface area (Å²) in [6, 6.07) is 11.2. The Balaban J connectivity index is 0.000000265. The molecular weight excluding hydrogens is 756 g/mol. The summed E-state index contributed by atoms with van der Waals surface area (Å²) in [6.45, 7) is 1.17. The van der Waals surface area contributed by atoms with Gasteiger partial charge < -0.3 is 23.8 Å². The Kier molecular flexibility index (Phi) is 11.5. The van der Waals surface area contributed by atoms with Crippen LogP contribution in [0.1, 0.15) is 16.7 Å². The van der Waals surface area contributed by atoms with Crippen LogP contribution >= 0.6 is 23.2 Å². The fraction of sp³-hybridized carbons (Fsp3) is 0.290. The van der Waals surface area contributed by atoms with E-state index in [1.807, 2.05) is 6.07 Å². The number of alkyl halides is 3. The van der Waals surface area contributed by atoms with Gasteiger partial charge >= 0.3 is 24.5 Å². The number of amides is 3. The highest BCUT2D eigenvalue weighted by Gasteiger charge is 2.55. The van der Waals surface area contributed by atoms with Gasteiger partial charge in [0.1, 0.15) is 23.3 Å². The second-order valence-corrected chi connectivity index (χ2v) is 11.9. The molecule has 0 spiro atoms. The zero-order valence-electron chi connectivity index (χ0n) is 27.5. The van der Waals surface area contributed by atoms with Crippen LogP contribution in [0, 0.1) is 10.1 Å². The number of nitro groups is 1. The predicted molar refractivity (Wildman–Crippen MR) is 180 cm³/mol. The molecule has 0 fully saturated rings. The average Bonchev–Trinajstić information content (AvgIpc) is 3.69. The van der Waals surface area contributed by atoms with E-state index in [0.717, 1.165) is 41.9 Å². The molecule has 2 aromatic carbocycles. The first-order valence-electron chi connectivity index (χ1n) is 15.1. The molecule has 280 valence electrons. The van der Waals surface area contributed by atoms with E-state index in [-0.39, 0.29) is 23.8 Å². The van der Waals surface area contributed by atoms with Gasteiger partial charge in [-0.1, -0.05) is 40.8 Å². The monoisotopic (exact) mass is 782 g/mol. The minimum atomic E-state index is -4.92. The maximum Gasteiger partial charge on any atom is 0.573 e. The average molecular weight is 784 g/mol. The van der Waals surface area contributed by atoms with Crippen LogP contribution in [0.3, 0.4) is 0 Å². The number of guanidine groups is 1. The number of pyridine rings is 1. The summed E-state index contributed by atoms with van der Waals surface area (Å²) < 4.78 is 56.6. The molecule has 1 N–H and O–H groups in total. The third-order valence-electron chi connectivity index (χ3n) is 7.70. The molecule has 0 saturated heterocycles. The van der Waals surface area contributed by atoms with Crippen molar-refractivity contribution in [2.75, 3.05) is 38.9 Å². The number of halogens is 5. The Morgan fingerprint density at radius 2 is 1.83 bits per heavy atom. The molecule has 6 rings (SSSR count). The number of rotatable bonds is 6. The van der Waals surface area contributed by atoms with Crippen molar-refractivity contribution in [1.82, 2.24) is 20.3 Å². The zero-order valence-corrected chi connectivity index (χ0v) is 29.0. The number of benzene rings is 2. The van der Waals surface area contributed by atoms with Crippen molar-refractivity contribution in [3.8, 4) is 5.75 Å². The van der Waals surface area contributed by atoms with E-state index in [2.05, 4.69) is 30.0 Å². The summed E-state index contributed by atoms with van der Waals surface area (Å²) in [4.78, 5) is 59.1. The first-order valence-corrected chi connectivity index (χ1v) is 15.9. The van der Waals surface area contributed by atoms with E-state index < -0.39 is 47.6 Å². The predicted octanol–water partition coefficient (Wildman–Crippen LogP) is 4.78. The van der Waals surface area contributed by atoms with Crippen molar-refractivity contribution in [1.29, 1.82) is 0 Å². The van der Waals surface area contributed by atoms with Crippen molar-refractivity contribution in [3.05, 3.63) is 97.8 Å². The molecule has 0 unspecified atom stereocenters. The number of methoxy groups -OCH3 is 2. The maximum absolute atomic E-state index is 13.3. The third-order valence-corrected chi connectivity index (χ3v) is 8.15. The Bertz CT molecular complexity index is 1950. The highest BCUT2D eigenvalue weighted by Crippen LogP contribution is 2.39. The highest BCUT2D eigenvalue weighted by molar-refractivity contribution is 6.31. The maximum atomic E-state index is 13.3. The van der Waals surface area contributed by atoms with Crippen molar-refractivity contribution >= 4 is 58.7 Å². The molecule has 0 bridgehead atoms. The standard InChI is InChI=1S/C22H17ClF3N3O7.C9H10ClN5O2/c1-33-18(30)21-10-12-9-13(23)3-8-16(12)17(21)27-28(11-35-21)19(31)29(20(32)34-2)14-4-6-15(7-5-14)36-22(24,25)26;10-8-2-1-7(5-12-8)6-14-4-3-11-9(14)13-15(16)17/h3-9H,10-11H2,1-2H3;1-2,5H,3-4,6H2,(H,11,13)/t21-;/m0./s1. The van der Waals surface area contributed by atoms with Gasteiger partial charge in [0.05, 0.1) is 26.5 Å². The van der Waals surface area contributed by atoms with E-state index in [0.29, 0.717) is 45.8 Å². The first-order chi connectivity index (χ1) is 25.1. The normalized spacial score (nSPS) is 17.3. The molecule has 1 aliphatic carbocycles. The van der Waals surface area contributed by atoms with Crippen molar-refractivity contribution in [3.63, 3.8) is 0 Å². The van der Waals surface area contributed by atoms with Crippen molar-refractivity contribution in [2.24, 2.45) is 10.1 Å². The number of aliphatic imine (C=N–C) groups is 1. The van der Waals surface area contributed by atoms with E-state index >= 15 is 0 Å². The van der Waals surface area contributed by atoms with E-state index in [1.165, 1.54) is 7.11 Å². The molecule has 0 radical (unpaired) electrons. The second kappa shape index (κ2) is 15.9. The van der Waals surface area contributed by atoms with Crippen LogP contribution in [0.4, 0.5) is 28.4 Å². The van der Waals surface area contributed by atoms with Gasteiger partial charge in [-0.25, -0.2) is 34.5 Å². The number of esters is 1. The molecule has 1 aromatic heterocycles. The van der Waals surface area contributed by atoms with Crippen LogP contribution in [-0.4, -0.2) is 95.7 Å². The minimum Gasteiger partial charge on any atom is -0.467 e. The number of urea groups is 1. The Morgan fingerprint density at radius 1 is 1.09 bits per heavy atom. The molecule has 17 nitrogen and oxygen atoms in total. The molecular formula is C31H27Cl2F3N8O9. The lowest BCUT2D eigenvalue weighted by Crippen LogP contribution is -2.56. The van der Waals surface area contributed by atoms with Crippen LogP contribution in [0.2, 0.25) is 10.2 Å². The molecule has 0 saturated carbocycles. The lowest BCUT2D eigenvalue weighted by Gasteiger charge is -2.35. The number of hydrogen-bond acceptors (Lipinski definition) is 13. The molecule has 3 amide bonds. The number of nitrogens with one attached hydrogen (secondary N) is 1. The molecule has 3 heterocycles. The lowest BCUT2D eigenvalue weighted by atomic mass is 9.97. The number of imide groups is 1. The SMILES string of the molecule is COC(=O)N(C(=O)N1CO[C@@]2(C(=O)OC)Cc3cc(Cl)ccc3C2=N1)c1ccc(OC(F)(F)F)cc1.O=[N+]([O-])NC1=NCCN1Cc1ccc(Cl)nc1. The van der Waals surface area contributed by atoms with Crippen LogP contribution in [0.25, 0.3) is 0 Å². The van der Waals surface area contributed by atoms with Crippen LogP contribution < -0.4 is 15.1 Å². The number of hydrazone groups is 1. The molecule has 3 aliphatic rings. The zero-order chi connectivity index (χ0) is 38.5. The number of hydrogen-bond donors (Lipinski definition) is 1. The number of anilines is 1. The lowest BCUT2D eigenvalue weighted by molar-refractivity contribution is -0.526. The largest absolute Gasteiger partial charge is 0.573 e. The van der Waals surface area contributed by atoms with Gasteiger partial charge in [-0.15, -0.1) is 13.2 Å². The van der Waals surface area contributed by atoms with Gasteiger partial charge in [0, 0.05) is 36.3 Å². The van der Waals surface area contributed by atoms with Crippen LogP contribution in [-0.2, 0) is 32.0 Å². The first kappa shape index (κ1) is 38.5. The Labute approximate surface area is 307 Å². The van der Waals surface area contributed by atoms with Crippen molar-refractivity contribution in [2.45, 2.75) is 24.9 Å². The summed E-state index contributed by atoms with van der Waals surface area (Å²) in [7, 11) is 2.19. The topological polar surface area (TPSA) is 191 Å². The molecule has 53 heavy (non-hydrogen) atoms. The smallest absolute Gasteiger partial charge is 0.467 e. The fourth-order valence-electron chi connectivity index (χ4n) is 5.42. The summed E-state index contributed by atoms with van der Waals surface area (Å²) in [6.07, 6.45) is -4.37. The second-order valence-electron chi connectivity index (χ2n) is 11.0. The van der Waals surface area contributed by atoms with Gasteiger partial charge in [-0.3, -0.25) is 0 Å². The van der Waals surface area contributed by atoms with E-state index in [1.54, 1.807) is 35.4 Å². The minimum absolute atomic E-state index is 0.0534. The number of fused-ring (bicyclic) bond motifs is 3. The van der Waals surface area contributed by atoms with E-state index in [4.69, 9.17) is 32.7 Å². The molecule has 22 heteroatoms. The molecule has 2 aliphatic heterocycles. The number of hydrazine groups is 1. The van der Waals surface area contributed by atoms with Gasteiger partial charge in [0.2, 0.25) is 5.60 Å². The Hall–Kier alpha value is -5.73. The van der Waals surface area contributed by atoms with Crippen LogP contribution in [0.15, 0.2) is 70.9 Å². The van der Waals surface area contributed by atoms with Crippen molar-refractivity contribution < 1.29 is 51.5 Å². The summed E-state index contributed by atoms with van der Waals surface area (Å²) in [5.74, 6) is -1.02. The van der Waals surface area contributed by atoms with Gasteiger partial charge in [0.15, 0.2) is 5.03 Å². The van der Waals surface area contributed by atoms with Gasteiger partial charge in [-0.05, 0) is 53.6 Å². The van der Waals surface area contributed by atoms with Gasteiger partial charge in [-0.2, -0.15) is 15.0 Å². The molecule has 1 atom stereocenters. The quantitative estimate of drug-likeness (QED) is 0.156. The van der Waals surface area contributed by atoms with E-state index in [9.17, 15) is 37.7 Å². The number of carbonyl (C=O) groups is 3. The highest BCUT2D eigenvalue weighted by atomic mass is 35.5. The van der Waals surface area contributed by atoms with Crippen LogP contribution in [0.5, 0.6) is 5.75 Å². The van der Waals surface area contributed by atoms with Gasteiger partial charge in [0.25, 0.3) is 5.96 Å². The third kappa shape index (κ3) is 8.84. The summed E-state index contributed by atoms with van der Waals surface area (Å²) in [5.41, 5.74) is 2.42. The fourth-order valence-corrected chi connectivity index (χ4v) is 5.72. The number of nitrogens with zero attached hydrogens (tertiary/aromatic N) is 7. The Morgan fingerprint density at radius 3 is 2.45 bits per heavy atom. The number of aromatic nitrogens is 1. The number of ether oxygens (including phenoxy) is 4.